The summed E-state index contributed by atoms with van der Waals surface area (Å²) >= 11 is 0. The number of nitrogens with zero attached hydrogens (tertiary/aromatic N) is 5. The molecule has 1 fully saturated rings. The van der Waals surface area contributed by atoms with E-state index in [4.69, 9.17) is 10.1 Å². The van der Waals surface area contributed by atoms with E-state index in [0.717, 1.165) is 34.3 Å². The third-order valence-electron chi connectivity index (χ3n) is 7.01. The Morgan fingerprint density at radius 1 is 1.14 bits per heavy atom. The van der Waals surface area contributed by atoms with Gasteiger partial charge in [-0.2, -0.15) is 5.10 Å². The van der Waals surface area contributed by atoms with E-state index in [1.165, 1.54) is 12.8 Å². The van der Waals surface area contributed by atoms with Crippen LogP contribution in [0.3, 0.4) is 0 Å². The van der Waals surface area contributed by atoms with Crippen LogP contribution in [-0.2, 0) is 19.5 Å². The molecule has 4 heterocycles. The van der Waals surface area contributed by atoms with Crippen LogP contribution >= 0.6 is 0 Å². The SMILES string of the molecule is CCNC(=O)c1nn(CC2CC2)c2c1CN(C(=O)c1cc(-c3cccnc3)nc3ccccc13)CC2. The van der Waals surface area contributed by atoms with Crippen LogP contribution in [0.15, 0.2) is 54.9 Å². The maximum Gasteiger partial charge on any atom is 0.272 e. The predicted molar refractivity (Wildman–Crippen MR) is 136 cm³/mol. The van der Waals surface area contributed by atoms with Crippen LogP contribution in [0.5, 0.6) is 0 Å². The Hall–Kier alpha value is -4.07. The highest BCUT2D eigenvalue weighted by molar-refractivity contribution is 6.07. The molecule has 0 bridgehead atoms. The van der Waals surface area contributed by atoms with Gasteiger partial charge in [0.25, 0.3) is 11.8 Å². The zero-order valence-corrected chi connectivity index (χ0v) is 20.3. The molecule has 0 unspecified atom stereocenters. The molecule has 0 atom stereocenters. The number of fused-ring (bicyclic) bond motifs is 2. The van der Waals surface area contributed by atoms with Gasteiger partial charge in [-0.15, -0.1) is 0 Å². The molecular formula is C28H28N6O2. The summed E-state index contributed by atoms with van der Waals surface area (Å²) in [6, 6.07) is 13.4. The first-order valence-electron chi connectivity index (χ1n) is 12.6. The lowest BCUT2D eigenvalue weighted by Crippen LogP contribution is -2.37. The van der Waals surface area contributed by atoms with Crippen LogP contribution in [0.25, 0.3) is 22.2 Å². The number of benzene rings is 1. The van der Waals surface area contributed by atoms with Gasteiger partial charge in [0, 0.05) is 60.7 Å². The molecule has 0 spiro atoms. The van der Waals surface area contributed by atoms with Crippen molar-refractivity contribution in [2.24, 2.45) is 5.92 Å². The molecule has 8 nitrogen and oxygen atoms in total. The third kappa shape index (κ3) is 4.12. The Bertz CT molecular complexity index is 1460. The van der Waals surface area contributed by atoms with Crippen LogP contribution in [-0.4, -0.2) is 49.6 Å². The lowest BCUT2D eigenvalue weighted by molar-refractivity contribution is 0.0732. The van der Waals surface area contributed by atoms with Crippen molar-refractivity contribution in [2.75, 3.05) is 13.1 Å². The average molecular weight is 481 g/mol. The van der Waals surface area contributed by atoms with Crippen LogP contribution in [0.1, 0.15) is 51.9 Å². The fourth-order valence-electron chi connectivity index (χ4n) is 4.97. The number of amides is 2. The van der Waals surface area contributed by atoms with Crippen molar-refractivity contribution in [3.63, 3.8) is 0 Å². The minimum absolute atomic E-state index is 0.0683. The van der Waals surface area contributed by atoms with E-state index in [9.17, 15) is 9.59 Å². The molecule has 1 saturated carbocycles. The van der Waals surface area contributed by atoms with Gasteiger partial charge in [0.15, 0.2) is 5.69 Å². The number of para-hydroxylation sites is 1. The fraction of sp³-hybridized carbons (Fsp3) is 0.321. The lowest BCUT2D eigenvalue weighted by Gasteiger charge is -2.28. The molecule has 1 N–H and O–H groups in total. The molecule has 3 aromatic heterocycles. The van der Waals surface area contributed by atoms with E-state index in [2.05, 4.69) is 10.3 Å². The summed E-state index contributed by atoms with van der Waals surface area (Å²) in [7, 11) is 0. The van der Waals surface area contributed by atoms with E-state index in [-0.39, 0.29) is 11.8 Å². The summed E-state index contributed by atoms with van der Waals surface area (Å²) < 4.78 is 2.02. The Morgan fingerprint density at radius 2 is 2.00 bits per heavy atom. The Labute approximate surface area is 209 Å². The van der Waals surface area contributed by atoms with Crippen molar-refractivity contribution < 1.29 is 9.59 Å². The summed E-state index contributed by atoms with van der Waals surface area (Å²) in [6.45, 7) is 4.22. The number of hydrogen-bond donors (Lipinski definition) is 1. The molecule has 1 aromatic carbocycles. The third-order valence-corrected chi connectivity index (χ3v) is 7.01. The monoisotopic (exact) mass is 480 g/mol. The van der Waals surface area contributed by atoms with E-state index in [0.29, 0.717) is 48.9 Å². The van der Waals surface area contributed by atoms with Crippen molar-refractivity contribution in [1.29, 1.82) is 0 Å². The highest BCUT2D eigenvalue weighted by atomic mass is 16.2. The Kier molecular flexibility index (Phi) is 5.71. The van der Waals surface area contributed by atoms with Crippen LogP contribution in [0.2, 0.25) is 0 Å². The second kappa shape index (κ2) is 9.18. The average Bonchev–Trinajstić information content (AvgIpc) is 3.67. The Balaban J connectivity index is 1.38. The minimum Gasteiger partial charge on any atom is -0.351 e. The lowest BCUT2D eigenvalue weighted by atomic mass is 10.0. The van der Waals surface area contributed by atoms with Gasteiger partial charge in [-0.05, 0) is 49.9 Å². The molecule has 36 heavy (non-hydrogen) atoms. The maximum absolute atomic E-state index is 14.0. The normalized spacial score (nSPS) is 15.1. The number of carbonyl (C=O) groups excluding carboxylic acids is 2. The highest BCUT2D eigenvalue weighted by Gasteiger charge is 2.33. The number of nitrogens with one attached hydrogen (secondary N) is 1. The van der Waals surface area contributed by atoms with E-state index >= 15 is 0 Å². The second-order valence-electron chi connectivity index (χ2n) is 9.55. The number of pyridine rings is 2. The number of hydrogen-bond acceptors (Lipinski definition) is 5. The number of rotatable bonds is 6. The summed E-state index contributed by atoms with van der Waals surface area (Å²) in [5.74, 6) is 0.400. The van der Waals surface area contributed by atoms with Gasteiger partial charge in [0.05, 0.1) is 23.3 Å². The summed E-state index contributed by atoms with van der Waals surface area (Å²) in [5, 5.41) is 8.41. The van der Waals surface area contributed by atoms with Crippen molar-refractivity contribution >= 4 is 22.7 Å². The fourth-order valence-corrected chi connectivity index (χ4v) is 4.97. The van der Waals surface area contributed by atoms with Crippen molar-refractivity contribution in [3.8, 4) is 11.3 Å². The maximum atomic E-state index is 14.0. The minimum atomic E-state index is -0.175. The van der Waals surface area contributed by atoms with Crippen molar-refractivity contribution in [1.82, 2.24) is 30.0 Å². The number of carbonyl (C=O) groups is 2. The molecule has 4 aromatic rings. The molecule has 6 rings (SSSR count). The number of aromatic nitrogens is 4. The van der Waals surface area contributed by atoms with Gasteiger partial charge in [0.2, 0.25) is 0 Å². The summed E-state index contributed by atoms with van der Waals surface area (Å²) in [5.41, 5.74) is 5.34. The second-order valence-corrected chi connectivity index (χ2v) is 9.55. The summed E-state index contributed by atoms with van der Waals surface area (Å²) in [6.07, 6.45) is 6.58. The first kappa shape index (κ1) is 22.4. The predicted octanol–water partition coefficient (Wildman–Crippen LogP) is 3.85. The first-order valence-corrected chi connectivity index (χ1v) is 12.6. The van der Waals surface area contributed by atoms with Gasteiger partial charge in [-0.3, -0.25) is 19.3 Å². The highest BCUT2D eigenvalue weighted by Crippen LogP contribution is 2.33. The van der Waals surface area contributed by atoms with E-state index < -0.39 is 0 Å². The van der Waals surface area contributed by atoms with Gasteiger partial charge < -0.3 is 10.2 Å². The standard InChI is InChI=1S/C28H28N6O2/c1-2-30-27(35)26-22-17-33(13-11-25(22)34(32-26)16-18-9-10-18)28(36)21-14-24(19-6-5-12-29-15-19)31-23-8-4-3-7-20(21)23/h3-8,12,14-15,18H,2,9-11,13,16-17H2,1H3,(H,30,35). The van der Waals surface area contributed by atoms with Crippen LogP contribution in [0, 0.1) is 5.92 Å². The van der Waals surface area contributed by atoms with Gasteiger partial charge in [0.1, 0.15) is 0 Å². The van der Waals surface area contributed by atoms with Gasteiger partial charge in [-0.1, -0.05) is 18.2 Å². The summed E-state index contributed by atoms with van der Waals surface area (Å²) in [4.78, 5) is 37.7. The van der Waals surface area contributed by atoms with Crippen molar-refractivity contribution in [3.05, 3.63) is 77.4 Å². The molecule has 182 valence electrons. The molecule has 0 radical (unpaired) electrons. The largest absolute Gasteiger partial charge is 0.351 e. The molecular weight excluding hydrogens is 452 g/mol. The van der Waals surface area contributed by atoms with Gasteiger partial charge >= 0.3 is 0 Å². The molecule has 1 aliphatic heterocycles. The molecule has 8 heteroatoms. The molecule has 2 amide bonds. The first-order chi connectivity index (χ1) is 17.6. The van der Waals surface area contributed by atoms with Crippen LogP contribution < -0.4 is 5.32 Å². The molecule has 2 aliphatic rings. The zero-order chi connectivity index (χ0) is 24.6. The van der Waals surface area contributed by atoms with Gasteiger partial charge in [-0.25, -0.2) is 4.98 Å². The van der Waals surface area contributed by atoms with Crippen LogP contribution in [0.4, 0.5) is 0 Å². The molecule has 0 saturated heterocycles. The topological polar surface area (TPSA) is 93.0 Å². The quantitative estimate of drug-likeness (QED) is 0.453. The van der Waals surface area contributed by atoms with E-state index in [1.807, 2.05) is 59.0 Å². The Morgan fingerprint density at radius 3 is 2.78 bits per heavy atom. The van der Waals surface area contributed by atoms with Crippen molar-refractivity contribution in [2.45, 2.75) is 39.3 Å². The molecule has 1 aliphatic carbocycles. The smallest absolute Gasteiger partial charge is 0.272 e. The zero-order valence-electron chi connectivity index (χ0n) is 20.3. The van der Waals surface area contributed by atoms with E-state index in [1.54, 1.807) is 12.4 Å².